The summed E-state index contributed by atoms with van der Waals surface area (Å²) >= 11 is 5.85. The maximum absolute atomic E-state index is 5.85. The summed E-state index contributed by atoms with van der Waals surface area (Å²) < 4.78 is 5.81. The molecule has 2 N–H and O–H groups in total. The van der Waals surface area contributed by atoms with Crippen LogP contribution in [-0.2, 0) is 6.61 Å². The van der Waals surface area contributed by atoms with E-state index in [1.807, 2.05) is 49.4 Å². The summed E-state index contributed by atoms with van der Waals surface area (Å²) in [7, 11) is 0. The number of hydrogen-bond donors (Lipinski definition) is 1. The van der Waals surface area contributed by atoms with Crippen LogP contribution >= 0.6 is 11.6 Å². The summed E-state index contributed by atoms with van der Waals surface area (Å²) in [5.74, 6) is 6.71. The van der Waals surface area contributed by atoms with E-state index in [4.69, 9.17) is 22.1 Å². The second-order valence-electron chi connectivity index (χ2n) is 4.40. The number of hydrogen-bond acceptors (Lipinski definition) is 2. The van der Waals surface area contributed by atoms with Gasteiger partial charge in [-0.25, -0.2) is 0 Å². The summed E-state index contributed by atoms with van der Waals surface area (Å²) in [4.78, 5) is 0. The summed E-state index contributed by atoms with van der Waals surface area (Å²) in [6.45, 7) is 2.89. The van der Waals surface area contributed by atoms with E-state index in [9.17, 15) is 0 Å². The van der Waals surface area contributed by atoms with Crippen LogP contribution < -0.4 is 10.5 Å². The summed E-state index contributed by atoms with van der Waals surface area (Å²) in [6, 6.07) is 13.5. The molecule has 0 aliphatic rings. The molecule has 0 aliphatic carbocycles. The molecule has 2 aromatic rings. The van der Waals surface area contributed by atoms with Crippen LogP contribution in [0.15, 0.2) is 42.5 Å². The van der Waals surface area contributed by atoms with Gasteiger partial charge in [0.1, 0.15) is 12.4 Å². The highest BCUT2D eigenvalue weighted by Crippen LogP contribution is 2.20. The molecule has 20 heavy (non-hydrogen) atoms. The molecule has 0 atom stereocenters. The zero-order chi connectivity index (χ0) is 14.4. The van der Waals surface area contributed by atoms with E-state index in [1.54, 1.807) is 0 Å². The molecule has 2 rings (SSSR count). The van der Waals surface area contributed by atoms with Gasteiger partial charge in [0.15, 0.2) is 0 Å². The molecule has 0 fully saturated rings. The smallest absolute Gasteiger partial charge is 0.122 e. The van der Waals surface area contributed by atoms with Crippen LogP contribution in [0.2, 0.25) is 5.02 Å². The van der Waals surface area contributed by atoms with Crippen molar-refractivity contribution in [1.29, 1.82) is 0 Å². The largest absolute Gasteiger partial charge is 0.489 e. The molecular weight excluding hydrogens is 270 g/mol. The molecule has 2 nitrogen and oxygen atoms in total. The first-order chi connectivity index (χ1) is 9.69. The topological polar surface area (TPSA) is 35.2 Å². The normalized spacial score (nSPS) is 9.75. The second-order valence-corrected chi connectivity index (χ2v) is 4.84. The monoisotopic (exact) mass is 285 g/mol. The highest BCUT2D eigenvalue weighted by atomic mass is 35.5. The molecule has 2 aromatic carbocycles. The minimum atomic E-state index is 0.369. The zero-order valence-corrected chi connectivity index (χ0v) is 12.1. The quantitative estimate of drug-likeness (QED) is 0.876. The van der Waals surface area contributed by atoms with Gasteiger partial charge in [0.25, 0.3) is 0 Å². The molecule has 3 heteroatoms. The van der Waals surface area contributed by atoms with E-state index >= 15 is 0 Å². The molecule has 0 bridgehead atoms. The van der Waals surface area contributed by atoms with E-state index in [1.165, 1.54) is 0 Å². The molecule has 0 unspecified atom stereocenters. The van der Waals surface area contributed by atoms with Crippen LogP contribution in [0.25, 0.3) is 0 Å². The fourth-order valence-corrected chi connectivity index (χ4v) is 1.91. The minimum Gasteiger partial charge on any atom is -0.489 e. The van der Waals surface area contributed by atoms with Gasteiger partial charge in [-0.3, -0.25) is 0 Å². The van der Waals surface area contributed by atoms with Gasteiger partial charge in [0, 0.05) is 10.6 Å². The SMILES string of the molecule is Cc1cc(C#CCN)ccc1OCc1ccc(Cl)cc1. The summed E-state index contributed by atoms with van der Waals surface area (Å²) in [6.07, 6.45) is 0. The molecule has 0 amide bonds. The van der Waals surface area contributed by atoms with Gasteiger partial charge in [0.2, 0.25) is 0 Å². The van der Waals surface area contributed by atoms with E-state index < -0.39 is 0 Å². The highest BCUT2D eigenvalue weighted by molar-refractivity contribution is 6.30. The van der Waals surface area contributed by atoms with Crippen molar-refractivity contribution in [2.75, 3.05) is 6.54 Å². The first-order valence-electron chi connectivity index (χ1n) is 6.36. The number of halogens is 1. The van der Waals surface area contributed by atoms with E-state index in [-0.39, 0.29) is 0 Å². The van der Waals surface area contributed by atoms with Crippen LogP contribution in [0.5, 0.6) is 5.75 Å². The van der Waals surface area contributed by atoms with Gasteiger partial charge in [-0.15, -0.1) is 0 Å². The average molecular weight is 286 g/mol. The number of nitrogens with two attached hydrogens (primary N) is 1. The first-order valence-corrected chi connectivity index (χ1v) is 6.73. The summed E-state index contributed by atoms with van der Waals surface area (Å²) in [5.41, 5.74) is 8.45. The maximum atomic E-state index is 5.85. The predicted molar refractivity (Wildman–Crippen MR) is 82.9 cm³/mol. The lowest BCUT2D eigenvalue weighted by Crippen LogP contribution is -1.97. The Morgan fingerprint density at radius 2 is 1.90 bits per heavy atom. The van der Waals surface area contributed by atoms with Crippen molar-refractivity contribution in [3.05, 3.63) is 64.2 Å². The molecule has 0 heterocycles. The van der Waals surface area contributed by atoms with Crippen LogP contribution in [0, 0.1) is 18.8 Å². The Bertz CT molecular complexity index is 638. The Morgan fingerprint density at radius 1 is 1.15 bits per heavy atom. The van der Waals surface area contributed by atoms with Gasteiger partial charge in [-0.1, -0.05) is 35.6 Å². The zero-order valence-electron chi connectivity index (χ0n) is 11.3. The predicted octanol–water partition coefficient (Wildman–Crippen LogP) is 3.54. The molecule has 0 aliphatic heterocycles. The molecule has 0 saturated carbocycles. The van der Waals surface area contributed by atoms with E-state index in [0.29, 0.717) is 13.2 Å². The number of rotatable bonds is 3. The van der Waals surface area contributed by atoms with Crippen molar-refractivity contribution >= 4 is 11.6 Å². The average Bonchev–Trinajstić information content (AvgIpc) is 2.46. The summed E-state index contributed by atoms with van der Waals surface area (Å²) in [5, 5.41) is 0.729. The molecule has 0 radical (unpaired) electrons. The molecule has 0 aromatic heterocycles. The fraction of sp³-hybridized carbons (Fsp3) is 0.176. The number of benzene rings is 2. The van der Waals surface area contributed by atoms with Gasteiger partial charge >= 0.3 is 0 Å². The van der Waals surface area contributed by atoms with Crippen LogP contribution in [0.1, 0.15) is 16.7 Å². The Balaban J connectivity index is 2.04. The standard InChI is InChI=1S/C17H16ClNO/c1-13-11-14(3-2-10-19)6-9-17(13)20-12-15-4-7-16(18)8-5-15/h4-9,11H,10,12,19H2,1H3. The van der Waals surface area contributed by atoms with Crippen molar-refractivity contribution in [1.82, 2.24) is 0 Å². The third kappa shape index (κ3) is 4.03. The molecule has 0 spiro atoms. The first kappa shape index (κ1) is 14.5. The van der Waals surface area contributed by atoms with Crippen molar-refractivity contribution in [2.24, 2.45) is 5.73 Å². The molecular formula is C17H16ClNO. The number of aryl methyl sites for hydroxylation is 1. The van der Waals surface area contributed by atoms with Crippen LogP contribution in [-0.4, -0.2) is 6.54 Å². The van der Waals surface area contributed by atoms with E-state index in [0.717, 1.165) is 27.5 Å². The third-order valence-corrected chi connectivity index (χ3v) is 3.07. The Kier molecular flexibility index (Phi) is 5.06. The van der Waals surface area contributed by atoms with Crippen molar-refractivity contribution in [3.63, 3.8) is 0 Å². The van der Waals surface area contributed by atoms with Crippen molar-refractivity contribution in [3.8, 4) is 17.6 Å². The van der Waals surface area contributed by atoms with Crippen molar-refractivity contribution < 1.29 is 4.74 Å². The third-order valence-electron chi connectivity index (χ3n) is 2.82. The molecule has 102 valence electrons. The maximum Gasteiger partial charge on any atom is 0.122 e. The second kappa shape index (κ2) is 7.00. The van der Waals surface area contributed by atoms with Crippen LogP contribution in [0.4, 0.5) is 0 Å². The van der Waals surface area contributed by atoms with Crippen LogP contribution in [0.3, 0.4) is 0 Å². The van der Waals surface area contributed by atoms with Gasteiger partial charge in [-0.05, 0) is 48.4 Å². The number of ether oxygens (including phenoxy) is 1. The lowest BCUT2D eigenvalue weighted by atomic mass is 10.1. The van der Waals surface area contributed by atoms with Gasteiger partial charge in [0.05, 0.1) is 6.54 Å². The Morgan fingerprint density at radius 3 is 2.55 bits per heavy atom. The highest BCUT2D eigenvalue weighted by Gasteiger charge is 2.01. The lowest BCUT2D eigenvalue weighted by Gasteiger charge is -2.09. The van der Waals surface area contributed by atoms with Crippen molar-refractivity contribution in [2.45, 2.75) is 13.5 Å². The Labute approximate surface area is 124 Å². The Hall–Kier alpha value is -1.95. The van der Waals surface area contributed by atoms with E-state index in [2.05, 4.69) is 11.8 Å². The van der Waals surface area contributed by atoms with Gasteiger partial charge in [-0.2, -0.15) is 0 Å². The fourth-order valence-electron chi connectivity index (χ4n) is 1.78. The lowest BCUT2D eigenvalue weighted by molar-refractivity contribution is 0.304. The molecule has 0 saturated heterocycles. The minimum absolute atomic E-state index is 0.369. The van der Waals surface area contributed by atoms with Gasteiger partial charge < -0.3 is 10.5 Å².